The summed E-state index contributed by atoms with van der Waals surface area (Å²) in [6.07, 6.45) is 1.75. The maximum Gasteiger partial charge on any atom is 0.115 e. The van der Waals surface area contributed by atoms with E-state index < -0.39 is 5.60 Å². The molecular formula is C17H18O. The van der Waals surface area contributed by atoms with Crippen LogP contribution in [0.4, 0.5) is 0 Å². The first-order chi connectivity index (χ1) is 8.61. The zero-order chi connectivity index (χ0) is 12.8. The zero-order valence-corrected chi connectivity index (χ0v) is 10.9. The van der Waals surface area contributed by atoms with Crippen molar-refractivity contribution in [3.63, 3.8) is 0 Å². The van der Waals surface area contributed by atoms with Gasteiger partial charge in [0.1, 0.15) is 5.60 Å². The average Bonchev–Trinajstić information content (AvgIpc) is 2.72. The van der Waals surface area contributed by atoms with Crippen molar-refractivity contribution < 1.29 is 5.11 Å². The molecule has 0 aliphatic heterocycles. The fraction of sp³-hybridized carbons (Fsp3) is 0.294. The average molecular weight is 238 g/mol. The molecular weight excluding hydrogens is 220 g/mol. The number of fused-ring (bicyclic) bond motifs is 1. The maximum atomic E-state index is 11.1. The lowest BCUT2D eigenvalue weighted by Crippen LogP contribution is -2.25. The summed E-state index contributed by atoms with van der Waals surface area (Å²) in [6.45, 7) is 4.15. The van der Waals surface area contributed by atoms with Gasteiger partial charge in [0, 0.05) is 0 Å². The zero-order valence-electron chi connectivity index (χ0n) is 10.9. The lowest BCUT2D eigenvalue weighted by atomic mass is 9.84. The molecule has 0 heterocycles. The molecule has 0 radical (unpaired) electrons. The van der Waals surface area contributed by atoms with Crippen LogP contribution in [0.2, 0.25) is 0 Å². The lowest BCUT2D eigenvalue weighted by Gasteiger charge is -2.27. The van der Waals surface area contributed by atoms with Crippen LogP contribution in [0, 0.1) is 13.8 Å². The quantitative estimate of drug-likeness (QED) is 0.806. The monoisotopic (exact) mass is 238 g/mol. The molecule has 1 aliphatic carbocycles. The summed E-state index contributed by atoms with van der Waals surface area (Å²) < 4.78 is 0. The molecule has 0 saturated heterocycles. The summed E-state index contributed by atoms with van der Waals surface area (Å²) in [4.78, 5) is 0. The summed E-state index contributed by atoms with van der Waals surface area (Å²) in [5.41, 5.74) is 4.99. The third-order valence-electron chi connectivity index (χ3n) is 4.06. The number of hydrogen-bond acceptors (Lipinski definition) is 1. The molecule has 1 unspecified atom stereocenters. The standard InChI is InChI=1S/C17H18O/c1-12-7-8-13(2)16(11-12)17(18)10-9-14-5-3-4-6-15(14)17/h3-8,11,18H,9-10H2,1-2H3. The van der Waals surface area contributed by atoms with Crippen LogP contribution in [0.15, 0.2) is 42.5 Å². The normalized spacial score (nSPS) is 21.9. The van der Waals surface area contributed by atoms with Gasteiger partial charge in [-0.1, -0.05) is 48.0 Å². The smallest absolute Gasteiger partial charge is 0.115 e. The van der Waals surface area contributed by atoms with E-state index in [4.69, 9.17) is 0 Å². The second-order valence-corrected chi connectivity index (χ2v) is 5.34. The van der Waals surface area contributed by atoms with Crippen LogP contribution in [0.25, 0.3) is 0 Å². The molecule has 0 saturated carbocycles. The molecule has 92 valence electrons. The number of hydrogen-bond donors (Lipinski definition) is 1. The molecule has 1 atom stereocenters. The van der Waals surface area contributed by atoms with Gasteiger partial charge in [-0.05, 0) is 48.9 Å². The Kier molecular flexibility index (Phi) is 2.53. The van der Waals surface area contributed by atoms with E-state index in [1.165, 1.54) is 16.7 Å². The Bertz CT molecular complexity index is 600. The first-order valence-electron chi connectivity index (χ1n) is 6.50. The Morgan fingerprint density at radius 3 is 2.61 bits per heavy atom. The van der Waals surface area contributed by atoms with E-state index in [0.29, 0.717) is 0 Å². The van der Waals surface area contributed by atoms with Crippen LogP contribution in [0.3, 0.4) is 0 Å². The summed E-state index contributed by atoms with van der Waals surface area (Å²) in [5.74, 6) is 0. The van der Waals surface area contributed by atoms with E-state index in [0.717, 1.165) is 24.0 Å². The molecule has 0 amide bonds. The van der Waals surface area contributed by atoms with Crippen LogP contribution >= 0.6 is 0 Å². The molecule has 1 N–H and O–H groups in total. The van der Waals surface area contributed by atoms with E-state index in [-0.39, 0.29) is 0 Å². The van der Waals surface area contributed by atoms with Crippen LogP contribution in [0.5, 0.6) is 0 Å². The highest BCUT2D eigenvalue weighted by Crippen LogP contribution is 2.43. The lowest BCUT2D eigenvalue weighted by molar-refractivity contribution is 0.0822. The van der Waals surface area contributed by atoms with E-state index >= 15 is 0 Å². The SMILES string of the molecule is Cc1ccc(C)c(C2(O)CCc3ccccc32)c1. The number of aryl methyl sites for hydroxylation is 3. The van der Waals surface area contributed by atoms with Crippen molar-refractivity contribution in [1.29, 1.82) is 0 Å². The van der Waals surface area contributed by atoms with Gasteiger partial charge in [-0.3, -0.25) is 0 Å². The molecule has 1 nitrogen and oxygen atoms in total. The van der Waals surface area contributed by atoms with Crippen molar-refractivity contribution in [2.24, 2.45) is 0 Å². The molecule has 2 aromatic rings. The largest absolute Gasteiger partial charge is 0.380 e. The van der Waals surface area contributed by atoms with Crippen molar-refractivity contribution >= 4 is 0 Å². The minimum absolute atomic E-state index is 0.788. The second-order valence-electron chi connectivity index (χ2n) is 5.34. The third-order valence-corrected chi connectivity index (χ3v) is 4.06. The van der Waals surface area contributed by atoms with Gasteiger partial charge in [0.05, 0.1) is 0 Å². The van der Waals surface area contributed by atoms with E-state index in [9.17, 15) is 5.11 Å². The Morgan fingerprint density at radius 2 is 1.78 bits per heavy atom. The number of benzene rings is 2. The first kappa shape index (κ1) is 11.5. The van der Waals surface area contributed by atoms with Crippen LogP contribution < -0.4 is 0 Å². The van der Waals surface area contributed by atoms with Gasteiger partial charge < -0.3 is 5.11 Å². The Hall–Kier alpha value is -1.60. The minimum Gasteiger partial charge on any atom is -0.380 e. The van der Waals surface area contributed by atoms with E-state index in [1.54, 1.807) is 0 Å². The maximum absolute atomic E-state index is 11.1. The van der Waals surface area contributed by atoms with Crippen molar-refractivity contribution in [2.75, 3.05) is 0 Å². The molecule has 0 aromatic heterocycles. The second kappa shape index (κ2) is 3.96. The summed E-state index contributed by atoms with van der Waals surface area (Å²) in [6, 6.07) is 14.6. The Morgan fingerprint density at radius 1 is 1.00 bits per heavy atom. The molecule has 0 fully saturated rings. The summed E-state index contributed by atoms with van der Waals surface area (Å²) in [5, 5.41) is 11.1. The fourth-order valence-corrected chi connectivity index (χ4v) is 3.05. The highest BCUT2D eigenvalue weighted by molar-refractivity contribution is 5.48. The van der Waals surface area contributed by atoms with Gasteiger partial charge >= 0.3 is 0 Å². The molecule has 0 spiro atoms. The van der Waals surface area contributed by atoms with Gasteiger partial charge in [-0.15, -0.1) is 0 Å². The Labute approximate surface area is 108 Å². The van der Waals surface area contributed by atoms with Crippen molar-refractivity contribution in [3.05, 3.63) is 70.3 Å². The van der Waals surface area contributed by atoms with E-state index in [1.807, 2.05) is 12.1 Å². The topological polar surface area (TPSA) is 20.2 Å². The number of aliphatic hydroxyl groups is 1. The molecule has 1 aliphatic rings. The van der Waals surface area contributed by atoms with Gasteiger partial charge in [0.15, 0.2) is 0 Å². The predicted octanol–water partition coefficient (Wildman–Crippen LogP) is 3.49. The van der Waals surface area contributed by atoms with Crippen molar-refractivity contribution in [1.82, 2.24) is 0 Å². The predicted molar refractivity (Wildman–Crippen MR) is 73.7 cm³/mol. The molecule has 3 rings (SSSR count). The fourth-order valence-electron chi connectivity index (χ4n) is 3.05. The van der Waals surface area contributed by atoms with Crippen molar-refractivity contribution in [2.45, 2.75) is 32.3 Å². The number of rotatable bonds is 1. The minimum atomic E-state index is -0.799. The van der Waals surface area contributed by atoms with Crippen molar-refractivity contribution in [3.8, 4) is 0 Å². The highest BCUT2D eigenvalue weighted by atomic mass is 16.3. The summed E-state index contributed by atoms with van der Waals surface area (Å²) in [7, 11) is 0. The van der Waals surface area contributed by atoms with Crippen LogP contribution in [-0.2, 0) is 12.0 Å². The first-order valence-corrected chi connectivity index (χ1v) is 6.50. The van der Waals surface area contributed by atoms with E-state index in [2.05, 4.69) is 44.2 Å². The Balaban J connectivity index is 2.20. The third kappa shape index (κ3) is 1.58. The van der Waals surface area contributed by atoms with Gasteiger partial charge in [-0.2, -0.15) is 0 Å². The molecule has 18 heavy (non-hydrogen) atoms. The van der Waals surface area contributed by atoms with Crippen LogP contribution in [-0.4, -0.2) is 5.11 Å². The molecule has 0 bridgehead atoms. The van der Waals surface area contributed by atoms with Gasteiger partial charge in [0.2, 0.25) is 0 Å². The van der Waals surface area contributed by atoms with Crippen LogP contribution in [0.1, 0.15) is 34.2 Å². The van der Waals surface area contributed by atoms with Gasteiger partial charge in [0.25, 0.3) is 0 Å². The molecule has 2 aromatic carbocycles. The summed E-state index contributed by atoms with van der Waals surface area (Å²) >= 11 is 0. The highest BCUT2D eigenvalue weighted by Gasteiger charge is 2.38. The molecule has 1 heteroatoms. The van der Waals surface area contributed by atoms with Gasteiger partial charge in [-0.25, -0.2) is 0 Å².